The van der Waals surface area contributed by atoms with Gasteiger partial charge in [0.25, 0.3) is 0 Å². The number of imidazole rings is 1. The number of hydrogen-bond acceptors (Lipinski definition) is 7. The van der Waals surface area contributed by atoms with Crippen LogP contribution in [0.1, 0.15) is 76.4 Å². The lowest BCUT2D eigenvalue weighted by atomic mass is 9.81. The molecule has 2 aromatic heterocycles. The first-order valence-electron chi connectivity index (χ1n) is 14.9. The van der Waals surface area contributed by atoms with Crippen LogP contribution in [-0.4, -0.2) is 81.9 Å². The van der Waals surface area contributed by atoms with E-state index in [1.54, 1.807) is 10.7 Å². The zero-order valence-electron chi connectivity index (χ0n) is 26.4. The number of halogens is 1. The molecule has 43 heavy (non-hydrogen) atoms. The average Bonchev–Trinajstić information content (AvgIpc) is 3.41. The van der Waals surface area contributed by atoms with Crippen LogP contribution in [0.15, 0.2) is 41.0 Å². The molecule has 5 rings (SSSR count). The van der Waals surface area contributed by atoms with E-state index >= 15 is 0 Å². The van der Waals surface area contributed by atoms with E-state index in [0.717, 1.165) is 78.5 Å². The van der Waals surface area contributed by atoms with Crippen molar-refractivity contribution in [2.75, 3.05) is 33.8 Å². The third-order valence-corrected chi connectivity index (χ3v) is 9.28. The Bertz CT molecular complexity index is 1450. The second-order valence-electron chi connectivity index (χ2n) is 13.3. The second-order valence-corrected chi connectivity index (χ2v) is 14.2. The maximum Gasteiger partial charge on any atom is 0.308 e. The first-order valence-corrected chi connectivity index (χ1v) is 15.7. The number of carbonyl (C=O) groups is 3. The number of rotatable bonds is 4. The van der Waals surface area contributed by atoms with Gasteiger partial charge in [-0.2, -0.15) is 5.10 Å². The molecule has 0 unspecified atom stereocenters. The number of aromatic nitrogens is 3. The van der Waals surface area contributed by atoms with Crippen LogP contribution in [0.25, 0.3) is 16.9 Å². The van der Waals surface area contributed by atoms with Crippen LogP contribution in [0, 0.1) is 11.8 Å². The van der Waals surface area contributed by atoms with Crippen LogP contribution in [-0.2, 0) is 19.7 Å². The zero-order chi connectivity index (χ0) is 31.5. The van der Waals surface area contributed by atoms with Crippen LogP contribution in [0.4, 0.5) is 0 Å². The van der Waals surface area contributed by atoms with E-state index in [4.69, 9.17) is 4.74 Å². The van der Waals surface area contributed by atoms with Gasteiger partial charge in [0.1, 0.15) is 5.69 Å². The van der Waals surface area contributed by atoms with Gasteiger partial charge in [0.15, 0.2) is 11.9 Å². The minimum Gasteiger partial charge on any atom is -0.469 e. The van der Waals surface area contributed by atoms with Gasteiger partial charge in [-0.25, -0.2) is 9.50 Å². The van der Waals surface area contributed by atoms with Crippen molar-refractivity contribution < 1.29 is 19.1 Å². The summed E-state index contributed by atoms with van der Waals surface area (Å²) in [5.74, 6) is 0.231. The van der Waals surface area contributed by atoms with Crippen LogP contribution in [0.2, 0.25) is 0 Å². The molecular weight excluding hydrogens is 610 g/mol. The molecule has 2 aliphatic rings. The topological polar surface area (TPSA) is 97.1 Å². The molecule has 1 aromatic carbocycles. The molecule has 9 nitrogen and oxygen atoms in total. The summed E-state index contributed by atoms with van der Waals surface area (Å²) in [6.45, 7) is 13.3. The standard InChI is InChI=1S/C17H16BrN3O.C16H28N2O3/c1-17(2,3)14-8-15(11-4-6-12(18)7-5-11)20-21-9-13(10-22)19-16(14)21;1-16(2)11-18(10-9-17(16)3)14(19)12-5-7-13(8-6-12)15(20)21-4/h4-10H,1-3H3;12-13H,5-11H2,1-4H3. The molecule has 3 heterocycles. The summed E-state index contributed by atoms with van der Waals surface area (Å²) < 4.78 is 7.52. The molecule has 0 N–H and O–H groups in total. The van der Waals surface area contributed by atoms with Crippen LogP contribution < -0.4 is 0 Å². The van der Waals surface area contributed by atoms with E-state index in [-0.39, 0.29) is 34.7 Å². The number of likely N-dealkylation sites (N-methyl/N-ethyl adjacent to an activating group) is 1. The van der Waals surface area contributed by atoms with Gasteiger partial charge in [-0.15, -0.1) is 0 Å². The Kier molecular flexibility index (Phi) is 10.1. The summed E-state index contributed by atoms with van der Waals surface area (Å²) in [6.07, 6.45) is 5.59. The highest BCUT2D eigenvalue weighted by Gasteiger charge is 2.37. The van der Waals surface area contributed by atoms with Gasteiger partial charge in [-0.3, -0.25) is 19.3 Å². The van der Waals surface area contributed by atoms with Crippen LogP contribution >= 0.6 is 15.9 Å². The summed E-state index contributed by atoms with van der Waals surface area (Å²) in [5, 5.41) is 4.60. The molecule has 1 saturated carbocycles. The molecule has 2 fully saturated rings. The Hall–Kier alpha value is -3.11. The van der Waals surface area contributed by atoms with Crippen molar-refractivity contribution in [1.29, 1.82) is 0 Å². The average molecular weight is 655 g/mol. The smallest absolute Gasteiger partial charge is 0.308 e. The molecule has 10 heteroatoms. The Morgan fingerprint density at radius 3 is 2.23 bits per heavy atom. The molecule has 0 radical (unpaired) electrons. The third-order valence-electron chi connectivity index (χ3n) is 8.75. The largest absolute Gasteiger partial charge is 0.469 e. The van der Waals surface area contributed by atoms with Crippen molar-refractivity contribution in [3.63, 3.8) is 0 Å². The minimum atomic E-state index is -0.123. The number of methoxy groups -OCH3 is 1. The zero-order valence-corrected chi connectivity index (χ0v) is 28.0. The monoisotopic (exact) mass is 653 g/mol. The van der Waals surface area contributed by atoms with E-state index in [1.807, 2.05) is 29.2 Å². The van der Waals surface area contributed by atoms with Gasteiger partial charge in [0.2, 0.25) is 5.91 Å². The molecule has 1 amide bonds. The van der Waals surface area contributed by atoms with Crippen molar-refractivity contribution in [2.24, 2.45) is 11.8 Å². The molecule has 1 aliphatic heterocycles. The van der Waals surface area contributed by atoms with Crippen molar-refractivity contribution in [3.05, 3.63) is 52.3 Å². The molecule has 0 atom stereocenters. The number of hydrogen-bond donors (Lipinski definition) is 0. The summed E-state index contributed by atoms with van der Waals surface area (Å²) in [6, 6.07) is 10.1. The van der Waals surface area contributed by atoms with E-state index in [0.29, 0.717) is 5.69 Å². The minimum absolute atomic E-state index is 0.0111. The maximum absolute atomic E-state index is 12.7. The molecule has 1 aliphatic carbocycles. The number of ether oxygens (including phenoxy) is 1. The Morgan fingerprint density at radius 1 is 1.05 bits per heavy atom. The number of nitrogens with zero attached hydrogens (tertiary/aromatic N) is 5. The second kappa shape index (κ2) is 13.3. The number of esters is 1. The molecule has 1 saturated heterocycles. The normalized spacial score (nSPS) is 20.7. The lowest BCUT2D eigenvalue weighted by molar-refractivity contribution is -0.149. The van der Waals surface area contributed by atoms with E-state index in [1.165, 1.54) is 7.11 Å². The maximum atomic E-state index is 12.7. The van der Waals surface area contributed by atoms with Crippen LogP contribution in [0.5, 0.6) is 0 Å². The fourth-order valence-electron chi connectivity index (χ4n) is 5.79. The Morgan fingerprint density at radius 2 is 1.67 bits per heavy atom. The van der Waals surface area contributed by atoms with E-state index in [2.05, 4.69) is 78.6 Å². The Balaban J connectivity index is 0.000000197. The summed E-state index contributed by atoms with van der Waals surface area (Å²) >= 11 is 3.44. The highest BCUT2D eigenvalue weighted by molar-refractivity contribution is 9.10. The fraction of sp³-hybridized carbons (Fsp3) is 0.545. The number of amides is 1. The van der Waals surface area contributed by atoms with Gasteiger partial charge in [0, 0.05) is 46.7 Å². The SMILES string of the molecule is CC(C)(C)c1cc(-c2ccc(Br)cc2)nn2cc(C=O)nc12.COC(=O)C1CCC(C(=O)N2CCN(C)C(C)(C)C2)CC1. The van der Waals surface area contributed by atoms with Gasteiger partial charge >= 0.3 is 5.97 Å². The predicted molar refractivity (Wildman–Crippen MR) is 171 cm³/mol. The summed E-state index contributed by atoms with van der Waals surface area (Å²) in [5.41, 5.74) is 4.02. The highest BCUT2D eigenvalue weighted by atomic mass is 79.9. The van der Waals surface area contributed by atoms with Crippen LogP contribution in [0.3, 0.4) is 0 Å². The first-order chi connectivity index (χ1) is 20.2. The number of fused-ring (bicyclic) bond motifs is 1. The third kappa shape index (κ3) is 7.70. The van der Waals surface area contributed by atoms with Gasteiger partial charge in [0.05, 0.1) is 24.9 Å². The lowest BCUT2D eigenvalue weighted by Gasteiger charge is -2.46. The van der Waals surface area contributed by atoms with Crippen molar-refractivity contribution in [2.45, 2.75) is 71.3 Å². The van der Waals surface area contributed by atoms with Crippen molar-refractivity contribution >= 4 is 39.7 Å². The summed E-state index contributed by atoms with van der Waals surface area (Å²) in [4.78, 5) is 43.9. The van der Waals surface area contributed by atoms with E-state index in [9.17, 15) is 14.4 Å². The quantitative estimate of drug-likeness (QED) is 0.260. The molecule has 3 aromatic rings. The number of carbonyl (C=O) groups excluding carboxylic acids is 3. The number of benzene rings is 1. The predicted octanol–water partition coefficient (Wildman–Crippen LogP) is 5.79. The molecule has 0 spiro atoms. The molecule has 232 valence electrons. The van der Waals surface area contributed by atoms with Gasteiger partial charge in [-0.05, 0) is 70.2 Å². The lowest BCUT2D eigenvalue weighted by Crippen LogP contribution is -2.59. The number of piperazine rings is 1. The van der Waals surface area contributed by atoms with E-state index < -0.39 is 0 Å². The number of aldehydes is 1. The van der Waals surface area contributed by atoms with Crippen molar-refractivity contribution in [3.8, 4) is 11.3 Å². The van der Waals surface area contributed by atoms with Gasteiger partial charge in [-0.1, -0.05) is 48.8 Å². The first kappa shape index (κ1) is 32.8. The highest BCUT2D eigenvalue weighted by Crippen LogP contribution is 2.32. The fourth-order valence-corrected chi connectivity index (χ4v) is 6.06. The molecule has 0 bridgehead atoms. The molecular formula is C33H44BrN5O4. The Labute approximate surface area is 263 Å². The van der Waals surface area contributed by atoms with Crippen molar-refractivity contribution in [1.82, 2.24) is 24.4 Å². The van der Waals surface area contributed by atoms with Gasteiger partial charge < -0.3 is 9.64 Å². The summed E-state index contributed by atoms with van der Waals surface area (Å²) in [7, 11) is 3.55.